The summed E-state index contributed by atoms with van der Waals surface area (Å²) in [6.07, 6.45) is -4.49. The molecule has 0 saturated heterocycles. The van der Waals surface area contributed by atoms with Crippen molar-refractivity contribution in [1.82, 2.24) is 4.90 Å². The summed E-state index contributed by atoms with van der Waals surface area (Å²) in [5.74, 6) is 0. The molecule has 0 heterocycles. The Hall–Kier alpha value is -1.69. The number of carbonyl (C=O) groups excluding carboxylic acids is 1. The van der Waals surface area contributed by atoms with Gasteiger partial charge in [-0.2, -0.15) is 13.2 Å². The van der Waals surface area contributed by atoms with Gasteiger partial charge in [-0.3, -0.25) is 0 Å². The van der Waals surface area contributed by atoms with Crippen molar-refractivity contribution in [2.75, 3.05) is 18.4 Å². The lowest BCUT2D eigenvalue weighted by Crippen LogP contribution is -2.36. The number of nitrogens with one attached hydrogen (secondary N) is 1. The van der Waals surface area contributed by atoms with Gasteiger partial charge in [-0.25, -0.2) is 4.79 Å². The predicted octanol–water partition coefficient (Wildman–Crippen LogP) is 4.79. The van der Waals surface area contributed by atoms with Gasteiger partial charge in [0.2, 0.25) is 0 Å². The summed E-state index contributed by atoms with van der Waals surface area (Å²) in [5.41, 5.74) is -0.177. The van der Waals surface area contributed by atoms with Gasteiger partial charge in [0.25, 0.3) is 0 Å². The third-order valence-electron chi connectivity index (χ3n) is 2.67. The molecule has 0 aliphatic carbocycles. The number of likely N-dealkylation sites (N-methyl/N-ethyl adjacent to an activating group) is 1. The van der Waals surface area contributed by atoms with E-state index < -0.39 is 17.8 Å². The van der Waals surface area contributed by atoms with E-state index in [1.807, 2.05) is 0 Å². The van der Waals surface area contributed by atoms with Gasteiger partial charge in [-0.15, -0.1) is 0 Å². The number of hydrogen-bond acceptors (Lipinski definition) is 1. The monoisotopic (exact) mass is 320 g/mol. The van der Waals surface area contributed by atoms with Crippen molar-refractivity contribution in [3.63, 3.8) is 0 Å². The first-order valence-corrected chi connectivity index (χ1v) is 6.60. The third kappa shape index (κ3) is 4.97. The minimum absolute atomic E-state index is 0.0442. The van der Waals surface area contributed by atoms with Gasteiger partial charge in [0.05, 0.1) is 16.3 Å². The Kier molecular flexibility index (Phi) is 5.66. The van der Waals surface area contributed by atoms with Crippen molar-refractivity contribution in [3.05, 3.63) is 40.9 Å². The van der Waals surface area contributed by atoms with Crippen LogP contribution >= 0.6 is 11.6 Å². The second kappa shape index (κ2) is 6.85. The van der Waals surface area contributed by atoms with Crippen molar-refractivity contribution in [2.24, 2.45) is 0 Å². The minimum Gasteiger partial charge on any atom is -0.321 e. The Morgan fingerprint density at radius 2 is 2.05 bits per heavy atom. The number of hydrogen-bond donors (Lipinski definition) is 1. The van der Waals surface area contributed by atoms with Crippen LogP contribution in [0.25, 0.3) is 0 Å². The van der Waals surface area contributed by atoms with E-state index in [1.165, 1.54) is 4.90 Å². The lowest BCUT2D eigenvalue weighted by molar-refractivity contribution is -0.137. The molecule has 1 aromatic carbocycles. The summed E-state index contributed by atoms with van der Waals surface area (Å²) >= 11 is 5.83. The number of benzene rings is 1. The van der Waals surface area contributed by atoms with E-state index in [9.17, 15) is 18.0 Å². The fourth-order valence-corrected chi connectivity index (χ4v) is 1.81. The standard InChI is InChI=1S/C14H16ClF3N2O/c1-4-20(8-9(2)3)13(21)19-12-7-10(14(16,17)18)5-6-11(12)15/h5-7H,2,4,8H2,1,3H3,(H,19,21). The van der Waals surface area contributed by atoms with Gasteiger partial charge >= 0.3 is 12.2 Å². The van der Waals surface area contributed by atoms with Gasteiger partial charge < -0.3 is 10.2 Å². The normalized spacial score (nSPS) is 11.1. The van der Waals surface area contributed by atoms with Gasteiger partial charge in [-0.1, -0.05) is 23.8 Å². The van der Waals surface area contributed by atoms with Crippen LogP contribution in [0.1, 0.15) is 19.4 Å². The van der Waals surface area contributed by atoms with E-state index in [2.05, 4.69) is 11.9 Å². The van der Waals surface area contributed by atoms with Gasteiger partial charge in [0.15, 0.2) is 0 Å². The van der Waals surface area contributed by atoms with Crippen LogP contribution in [0.3, 0.4) is 0 Å². The molecule has 0 aliphatic rings. The van der Waals surface area contributed by atoms with Crippen molar-refractivity contribution >= 4 is 23.3 Å². The summed E-state index contributed by atoms with van der Waals surface area (Å²) < 4.78 is 38.0. The van der Waals surface area contributed by atoms with Gasteiger partial charge in [0.1, 0.15) is 0 Å². The molecule has 1 rings (SSSR count). The second-order valence-corrected chi connectivity index (χ2v) is 5.00. The zero-order valence-corrected chi connectivity index (χ0v) is 12.5. The fourth-order valence-electron chi connectivity index (χ4n) is 1.64. The molecule has 21 heavy (non-hydrogen) atoms. The number of anilines is 1. The molecule has 0 fully saturated rings. The van der Waals surface area contributed by atoms with Gasteiger partial charge in [0, 0.05) is 13.1 Å². The number of alkyl halides is 3. The molecule has 2 amide bonds. The highest BCUT2D eigenvalue weighted by molar-refractivity contribution is 6.33. The topological polar surface area (TPSA) is 32.3 Å². The van der Waals surface area contributed by atoms with Crippen LogP contribution in [-0.4, -0.2) is 24.0 Å². The molecule has 1 aromatic rings. The maximum atomic E-state index is 12.7. The number of carbonyl (C=O) groups is 1. The number of amides is 2. The van der Waals surface area contributed by atoms with Crippen LogP contribution in [0.2, 0.25) is 5.02 Å². The molecule has 0 unspecified atom stereocenters. The molecular formula is C14H16ClF3N2O. The summed E-state index contributed by atoms with van der Waals surface area (Å²) in [7, 11) is 0. The Balaban J connectivity index is 2.96. The van der Waals surface area contributed by atoms with Crippen molar-refractivity contribution in [1.29, 1.82) is 0 Å². The van der Waals surface area contributed by atoms with E-state index in [0.29, 0.717) is 13.1 Å². The maximum Gasteiger partial charge on any atom is 0.416 e. The molecule has 0 saturated carbocycles. The second-order valence-electron chi connectivity index (χ2n) is 4.59. The third-order valence-corrected chi connectivity index (χ3v) is 2.99. The number of nitrogens with zero attached hydrogens (tertiary/aromatic N) is 1. The molecule has 3 nitrogen and oxygen atoms in total. The Morgan fingerprint density at radius 1 is 1.43 bits per heavy atom. The van der Waals surface area contributed by atoms with Crippen LogP contribution in [-0.2, 0) is 6.18 Å². The fraction of sp³-hybridized carbons (Fsp3) is 0.357. The Bertz CT molecular complexity index is 544. The van der Waals surface area contributed by atoms with E-state index in [-0.39, 0.29) is 10.7 Å². The molecule has 0 spiro atoms. The highest BCUT2D eigenvalue weighted by Gasteiger charge is 2.31. The Morgan fingerprint density at radius 3 is 2.52 bits per heavy atom. The molecule has 7 heteroatoms. The zero-order chi connectivity index (χ0) is 16.2. The smallest absolute Gasteiger partial charge is 0.321 e. The first-order chi connectivity index (χ1) is 9.65. The van der Waals surface area contributed by atoms with Crippen LogP contribution in [0.15, 0.2) is 30.4 Å². The lowest BCUT2D eigenvalue weighted by atomic mass is 10.2. The first-order valence-electron chi connectivity index (χ1n) is 6.22. The van der Waals surface area contributed by atoms with Crippen LogP contribution < -0.4 is 5.32 Å². The summed E-state index contributed by atoms with van der Waals surface area (Å²) in [6, 6.07) is 2.26. The summed E-state index contributed by atoms with van der Waals surface area (Å²) in [6.45, 7) is 7.93. The first kappa shape index (κ1) is 17.4. The van der Waals surface area contributed by atoms with Crippen LogP contribution in [0.4, 0.5) is 23.7 Å². The molecule has 0 atom stereocenters. The van der Waals surface area contributed by atoms with Gasteiger partial charge in [-0.05, 0) is 32.0 Å². The molecule has 0 aromatic heterocycles. The number of halogens is 4. The highest BCUT2D eigenvalue weighted by atomic mass is 35.5. The average Bonchev–Trinajstić information content (AvgIpc) is 2.36. The molecule has 0 bridgehead atoms. The lowest BCUT2D eigenvalue weighted by Gasteiger charge is -2.22. The van der Waals surface area contributed by atoms with Crippen molar-refractivity contribution in [3.8, 4) is 0 Å². The van der Waals surface area contributed by atoms with Crippen molar-refractivity contribution in [2.45, 2.75) is 20.0 Å². The Labute approximate surface area is 126 Å². The minimum atomic E-state index is -4.49. The molecular weight excluding hydrogens is 305 g/mol. The summed E-state index contributed by atoms with van der Waals surface area (Å²) in [4.78, 5) is 13.4. The molecule has 0 aliphatic heterocycles. The molecule has 116 valence electrons. The molecule has 1 N–H and O–H groups in total. The van der Waals surface area contributed by atoms with Crippen LogP contribution in [0.5, 0.6) is 0 Å². The van der Waals surface area contributed by atoms with E-state index >= 15 is 0 Å². The average molecular weight is 321 g/mol. The van der Waals surface area contributed by atoms with E-state index in [4.69, 9.17) is 11.6 Å². The van der Waals surface area contributed by atoms with E-state index in [0.717, 1.165) is 23.8 Å². The zero-order valence-electron chi connectivity index (χ0n) is 11.7. The number of urea groups is 1. The summed E-state index contributed by atoms with van der Waals surface area (Å²) in [5, 5.41) is 2.44. The van der Waals surface area contributed by atoms with Crippen molar-refractivity contribution < 1.29 is 18.0 Å². The quantitative estimate of drug-likeness (QED) is 0.795. The maximum absolute atomic E-state index is 12.7. The van der Waals surface area contributed by atoms with E-state index in [1.54, 1.807) is 13.8 Å². The van der Waals surface area contributed by atoms with Crippen LogP contribution in [0, 0.1) is 0 Å². The largest absolute Gasteiger partial charge is 0.416 e. The highest BCUT2D eigenvalue weighted by Crippen LogP contribution is 2.33. The number of rotatable bonds is 4. The SMILES string of the molecule is C=C(C)CN(CC)C(=O)Nc1cc(C(F)(F)F)ccc1Cl. The predicted molar refractivity (Wildman–Crippen MR) is 77.5 cm³/mol. The molecule has 0 radical (unpaired) electrons.